The highest BCUT2D eigenvalue weighted by atomic mass is 32.2. The van der Waals surface area contributed by atoms with Gasteiger partial charge in [-0.3, -0.25) is 9.59 Å². The van der Waals surface area contributed by atoms with Crippen LogP contribution in [0.5, 0.6) is 0 Å². The molecule has 0 saturated heterocycles. The molecule has 0 saturated carbocycles. The summed E-state index contributed by atoms with van der Waals surface area (Å²) in [7, 11) is 0. The number of aromatic nitrogens is 1. The number of benzene rings is 2. The lowest BCUT2D eigenvalue weighted by atomic mass is 10.3. The molecule has 0 spiro atoms. The van der Waals surface area contributed by atoms with E-state index < -0.39 is 0 Å². The molecule has 2 aromatic carbocycles. The number of carbonyl (C=O) groups is 2. The van der Waals surface area contributed by atoms with Gasteiger partial charge in [0.2, 0.25) is 0 Å². The molecule has 0 radical (unpaired) electrons. The molecule has 0 bridgehead atoms. The fourth-order valence-electron chi connectivity index (χ4n) is 2.33. The minimum absolute atomic E-state index is 0.297. The van der Waals surface area contributed by atoms with Gasteiger partial charge in [0.05, 0.1) is 10.6 Å². The number of amides is 2. The van der Waals surface area contributed by atoms with E-state index in [1.54, 1.807) is 30.3 Å². The van der Waals surface area contributed by atoms with Crippen LogP contribution in [0.3, 0.4) is 0 Å². The van der Waals surface area contributed by atoms with E-state index in [2.05, 4.69) is 4.98 Å². The van der Waals surface area contributed by atoms with E-state index in [-0.39, 0.29) is 11.8 Å². The molecule has 2 amide bonds. The first-order valence-corrected chi connectivity index (χ1v) is 7.72. The maximum atomic E-state index is 12.5. The topological polar surface area (TPSA) is 63.4 Å². The zero-order chi connectivity index (χ0) is 15.8. The van der Waals surface area contributed by atoms with Crippen LogP contribution in [0.15, 0.2) is 75.2 Å². The van der Waals surface area contributed by atoms with Gasteiger partial charge in [0.25, 0.3) is 17.0 Å². The quantitative estimate of drug-likeness (QED) is 0.692. The van der Waals surface area contributed by atoms with Crippen LogP contribution in [0.25, 0.3) is 11.1 Å². The lowest BCUT2D eigenvalue weighted by molar-refractivity contribution is -0.120. The summed E-state index contributed by atoms with van der Waals surface area (Å²) >= 11 is 1.06. The number of imide groups is 1. The van der Waals surface area contributed by atoms with Gasteiger partial charge >= 0.3 is 0 Å². The van der Waals surface area contributed by atoms with Crippen molar-refractivity contribution in [2.24, 2.45) is 0 Å². The smallest absolute Gasteiger partial charge is 0.272 e. The number of oxazole rings is 1. The highest BCUT2D eigenvalue weighted by Crippen LogP contribution is 2.34. The van der Waals surface area contributed by atoms with Crippen molar-refractivity contribution < 1.29 is 14.0 Å². The van der Waals surface area contributed by atoms with Crippen LogP contribution in [-0.2, 0) is 9.59 Å². The summed E-state index contributed by atoms with van der Waals surface area (Å²) in [6.45, 7) is 0. The van der Waals surface area contributed by atoms with Crippen molar-refractivity contribution in [3.05, 3.63) is 65.6 Å². The first-order valence-electron chi connectivity index (χ1n) is 6.91. The largest absolute Gasteiger partial charge is 0.431 e. The summed E-state index contributed by atoms with van der Waals surface area (Å²) in [4.78, 5) is 30.4. The number of anilines is 1. The van der Waals surface area contributed by atoms with Gasteiger partial charge in [-0.05, 0) is 36.0 Å². The molecule has 1 aliphatic rings. The number of para-hydroxylation sites is 3. The monoisotopic (exact) mass is 322 g/mol. The van der Waals surface area contributed by atoms with Crippen molar-refractivity contribution in [3.8, 4) is 0 Å². The van der Waals surface area contributed by atoms with Crippen LogP contribution in [0, 0.1) is 0 Å². The average molecular weight is 322 g/mol. The van der Waals surface area contributed by atoms with Crippen molar-refractivity contribution in [1.29, 1.82) is 0 Å². The van der Waals surface area contributed by atoms with Crippen molar-refractivity contribution in [3.63, 3.8) is 0 Å². The number of hydrogen-bond acceptors (Lipinski definition) is 5. The van der Waals surface area contributed by atoms with Crippen LogP contribution in [-0.4, -0.2) is 16.8 Å². The van der Waals surface area contributed by atoms with Gasteiger partial charge < -0.3 is 4.42 Å². The predicted molar refractivity (Wildman–Crippen MR) is 86.9 cm³/mol. The Labute approximate surface area is 135 Å². The molecule has 3 aromatic rings. The molecule has 4 rings (SSSR count). The van der Waals surface area contributed by atoms with Gasteiger partial charge in [-0.2, -0.15) is 0 Å². The van der Waals surface area contributed by atoms with Crippen molar-refractivity contribution in [2.45, 2.75) is 5.22 Å². The first kappa shape index (κ1) is 13.8. The van der Waals surface area contributed by atoms with Crippen molar-refractivity contribution >= 4 is 40.4 Å². The molecule has 0 fully saturated rings. The number of rotatable bonds is 3. The minimum atomic E-state index is -0.367. The Morgan fingerprint density at radius 1 is 0.957 bits per heavy atom. The van der Waals surface area contributed by atoms with Crippen LogP contribution in [0.4, 0.5) is 5.69 Å². The highest BCUT2D eigenvalue weighted by Gasteiger charge is 2.33. The zero-order valence-corrected chi connectivity index (χ0v) is 12.6. The Kier molecular flexibility index (Phi) is 3.24. The van der Waals surface area contributed by atoms with E-state index in [0.717, 1.165) is 16.7 Å². The van der Waals surface area contributed by atoms with Gasteiger partial charge in [-0.1, -0.05) is 30.3 Å². The van der Waals surface area contributed by atoms with Gasteiger partial charge in [-0.15, -0.1) is 0 Å². The van der Waals surface area contributed by atoms with Crippen molar-refractivity contribution in [1.82, 2.24) is 4.98 Å². The minimum Gasteiger partial charge on any atom is -0.431 e. The summed E-state index contributed by atoms with van der Waals surface area (Å²) < 4.78 is 5.58. The molecule has 112 valence electrons. The van der Waals surface area contributed by atoms with E-state index in [9.17, 15) is 9.59 Å². The van der Waals surface area contributed by atoms with Gasteiger partial charge in [0, 0.05) is 6.08 Å². The fourth-order valence-corrected chi connectivity index (χ4v) is 3.13. The van der Waals surface area contributed by atoms with E-state index >= 15 is 0 Å². The standard InChI is InChI=1S/C17H10N2O3S/c20-15-10-14(16(21)19(15)11-6-2-1-3-7-11)23-17-18-12-8-4-5-9-13(12)22-17/h1-10H. The van der Waals surface area contributed by atoms with Gasteiger partial charge in [0.15, 0.2) is 5.58 Å². The third-order valence-corrected chi connectivity index (χ3v) is 4.24. The molecule has 6 heteroatoms. The molecular formula is C17H10N2O3S. The second-order valence-corrected chi connectivity index (χ2v) is 5.87. The fraction of sp³-hybridized carbons (Fsp3) is 0. The lowest BCUT2D eigenvalue weighted by Gasteiger charge is -2.13. The molecule has 1 aliphatic heterocycles. The summed E-state index contributed by atoms with van der Waals surface area (Å²) in [5.74, 6) is -0.728. The number of thioether (sulfide) groups is 1. The maximum absolute atomic E-state index is 12.5. The van der Waals surface area contributed by atoms with Gasteiger partial charge in [0.1, 0.15) is 5.52 Å². The predicted octanol–water partition coefficient (Wildman–Crippen LogP) is 3.38. The zero-order valence-electron chi connectivity index (χ0n) is 11.8. The third-order valence-electron chi connectivity index (χ3n) is 3.37. The molecule has 2 heterocycles. The molecule has 0 N–H and O–H groups in total. The number of carbonyl (C=O) groups excluding carboxylic acids is 2. The van der Waals surface area contributed by atoms with Crippen LogP contribution in [0.1, 0.15) is 0 Å². The van der Waals surface area contributed by atoms with E-state index in [4.69, 9.17) is 4.42 Å². The molecule has 1 aromatic heterocycles. The number of fused-ring (bicyclic) bond motifs is 1. The summed E-state index contributed by atoms with van der Waals surface area (Å²) in [5, 5.41) is 0.341. The van der Waals surface area contributed by atoms with Crippen LogP contribution < -0.4 is 4.90 Å². The molecular weight excluding hydrogens is 312 g/mol. The Morgan fingerprint density at radius 3 is 2.48 bits per heavy atom. The average Bonchev–Trinajstić information content (AvgIpc) is 3.09. The van der Waals surface area contributed by atoms with E-state index in [1.807, 2.05) is 24.3 Å². The van der Waals surface area contributed by atoms with Crippen LogP contribution >= 0.6 is 11.8 Å². The molecule has 0 atom stereocenters. The summed E-state index contributed by atoms with van der Waals surface area (Å²) in [5.41, 5.74) is 1.91. The lowest BCUT2D eigenvalue weighted by Crippen LogP contribution is -2.30. The Bertz CT molecular complexity index is 914. The summed E-state index contributed by atoms with van der Waals surface area (Å²) in [6, 6.07) is 16.2. The van der Waals surface area contributed by atoms with Crippen LogP contribution in [0.2, 0.25) is 0 Å². The molecule has 0 aliphatic carbocycles. The van der Waals surface area contributed by atoms with Gasteiger partial charge in [-0.25, -0.2) is 9.88 Å². The Morgan fingerprint density at radius 2 is 1.70 bits per heavy atom. The Balaban J connectivity index is 1.61. The third kappa shape index (κ3) is 2.43. The number of nitrogens with zero attached hydrogens (tertiary/aromatic N) is 2. The Hall–Kier alpha value is -2.86. The first-order chi connectivity index (χ1) is 11.2. The molecule has 23 heavy (non-hydrogen) atoms. The SMILES string of the molecule is O=C1C=C(Sc2nc3ccccc3o2)C(=O)N1c1ccccc1. The maximum Gasteiger partial charge on any atom is 0.272 e. The molecule has 0 unspecified atom stereocenters. The van der Waals surface area contributed by atoms with E-state index in [1.165, 1.54) is 6.08 Å². The van der Waals surface area contributed by atoms with E-state index in [0.29, 0.717) is 26.9 Å². The second kappa shape index (κ2) is 5.40. The highest BCUT2D eigenvalue weighted by molar-refractivity contribution is 8.03. The summed E-state index contributed by atoms with van der Waals surface area (Å²) in [6.07, 6.45) is 1.31. The second-order valence-electron chi connectivity index (χ2n) is 4.87. The normalized spacial score (nSPS) is 14.6. The molecule has 5 nitrogen and oxygen atoms in total. The number of hydrogen-bond donors (Lipinski definition) is 0. The van der Waals surface area contributed by atoms with Crippen molar-refractivity contribution in [2.75, 3.05) is 4.90 Å².